The van der Waals surface area contributed by atoms with Gasteiger partial charge in [0.2, 0.25) is 0 Å². The van der Waals surface area contributed by atoms with Gasteiger partial charge in [-0.05, 0) is 23.8 Å². The summed E-state index contributed by atoms with van der Waals surface area (Å²) in [4.78, 5) is 16.3. The zero-order valence-electron chi connectivity index (χ0n) is 10.6. The lowest BCUT2D eigenvalue weighted by atomic mass is 10.2. The molecular formula is C15H12ClN3O. The fourth-order valence-electron chi connectivity index (χ4n) is 1.95. The molecule has 0 spiro atoms. The van der Waals surface area contributed by atoms with Crippen LogP contribution in [0.4, 0.5) is 0 Å². The summed E-state index contributed by atoms with van der Waals surface area (Å²) in [5.41, 5.74) is 2.02. The van der Waals surface area contributed by atoms with Gasteiger partial charge in [-0.2, -0.15) is 0 Å². The largest absolute Gasteiger partial charge is 0.347 e. The van der Waals surface area contributed by atoms with Crippen molar-refractivity contribution in [3.8, 4) is 0 Å². The van der Waals surface area contributed by atoms with E-state index in [-0.39, 0.29) is 5.91 Å². The van der Waals surface area contributed by atoms with Crippen LogP contribution in [0.25, 0.3) is 5.65 Å². The van der Waals surface area contributed by atoms with Gasteiger partial charge in [-0.3, -0.25) is 4.79 Å². The highest BCUT2D eigenvalue weighted by Gasteiger charge is 2.10. The van der Waals surface area contributed by atoms with E-state index in [9.17, 15) is 4.79 Å². The van der Waals surface area contributed by atoms with Crippen LogP contribution in [0.15, 0.2) is 54.9 Å². The van der Waals surface area contributed by atoms with Gasteiger partial charge in [0.25, 0.3) is 5.91 Å². The molecule has 100 valence electrons. The number of amides is 1. The second-order valence-electron chi connectivity index (χ2n) is 4.37. The lowest BCUT2D eigenvalue weighted by Gasteiger charge is -2.04. The number of imidazole rings is 1. The highest BCUT2D eigenvalue weighted by molar-refractivity contribution is 6.31. The molecule has 2 heterocycles. The Labute approximate surface area is 121 Å². The Morgan fingerprint density at radius 1 is 1.20 bits per heavy atom. The van der Waals surface area contributed by atoms with Gasteiger partial charge in [-0.25, -0.2) is 4.98 Å². The monoisotopic (exact) mass is 285 g/mol. The molecule has 1 N–H and O–H groups in total. The molecule has 20 heavy (non-hydrogen) atoms. The number of hydrogen-bond acceptors (Lipinski definition) is 2. The number of carbonyl (C=O) groups excluding carboxylic acids is 1. The Kier molecular flexibility index (Phi) is 3.39. The van der Waals surface area contributed by atoms with Crippen molar-refractivity contribution in [1.82, 2.24) is 14.7 Å². The molecule has 3 rings (SSSR count). The van der Waals surface area contributed by atoms with Crippen molar-refractivity contribution >= 4 is 23.2 Å². The van der Waals surface area contributed by atoms with Crippen LogP contribution in [-0.2, 0) is 6.54 Å². The average molecular weight is 286 g/mol. The van der Waals surface area contributed by atoms with Crippen LogP contribution in [0.1, 0.15) is 16.1 Å². The number of fused-ring (bicyclic) bond motifs is 1. The lowest BCUT2D eigenvalue weighted by Crippen LogP contribution is -2.23. The van der Waals surface area contributed by atoms with Gasteiger partial charge < -0.3 is 9.72 Å². The van der Waals surface area contributed by atoms with Crippen LogP contribution >= 0.6 is 11.6 Å². The number of pyridine rings is 1. The Balaban J connectivity index is 1.75. The molecule has 0 radical (unpaired) electrons. The second-order valence-corrected chi connectivity index (χ2v) is 4.77. The highest BCUT2D eigenvalue weighted by atomic mass is 35.5. The molecule has 4 nitrogen and oxygen atoms in total. The van der Waals surface area contributed by atoms with E-state index in [1.165, 1.54) is 0 Å². The number of benzene rings is 1. The highest BCUT2D eigenvalue weighted by Crippen LogP contribution is 2.14. The first-order valence-electron chi connectivity index (χ1n) is 6.19. The molecular weight excluding hydrogens is 274 g/mol. The summed E-state index contributed by atoms with van der Waals surface area (Å²) in [7, 11) is 0. The summed E-state index contributed by atoms with van der Waals surface area (Å²) >= 11 is 6.05. The Hall–Kier alpha value is -2.33. The maximum atomic E-state index is 12.1. The summed E-state index contributed by atoms with van der Waals surface area (Å²) in [6.45, 7) is 0.381. The first-order valence-corrected chi connectivity index (χ1v) is 6.57. The standard InChI is InChI=1S/C15H12ClN3O/c16-12-6-2-1-5-11(12)9-17-15(20)13-10-19-8-4-3-7-14(19)18-13/h1-8,10H,9H2,(H,17,20). The van der Waals surface area contributed by atoms with Gasteiger partial charge >= 0.3 is 0 Å². The maximum absolute atomic E-state index is 12.1. The lowest BCUT2D eigenvalue weighted by molar-refractivity contribution is 0.0946. The molecule has 0 aliphatic carbocycles. The summed E-state index contributed by atoms with van der Waals surface area (Å²) in [5.74, 6) is -0.214. The molecule has 3 aromatic rings. The van der Waals surface area contributed by atoms with Gasteiger partial charge in [-0.1, -0.05) is 35.9 Å². The molecule has 0 saturated heterocycles. The van der Waals surface area contributed by atoms with E-state index in [2.05, 4.69) is 10.3 Å². The Bertz CT molecular complexity index is 733. The number of halogens is 1. The van der Waals surface area contributed by atoms with E-state index >= 15 is 0 Å². The van der Waals surface area contributed by atoms with Crippen LogP contribution in [0.3, 0.4) is 0 Å². The number of nitrogens with one attached hydrogen (secondary N) is 1. The van der Waals surface area contributed by atoms with E-state index in [0.29, 0.717) is 17.3 Å². The van der Waals surface area contributed by atoms with Crippen LogP contribution in [-0.4, -0.2) is 15.3 Å². The van der Waals surface area contributed by atoms with Crippen molar-refractivity contribution in [2.75, 3.05) is 0 Å². The van der Waals surface area contributed by atoms with Gasteiger partial charge in [0.05, 0.1) is 0 Å². The molecule has 1 aromatic carbocycles. The fraction of sp³-hybridized carbons (Fsp3) is 0.0667. The summed E-state index contributed by atoms with van der Waals surface area (Å²) in [5, 5.41) is 3.46. The SMILES string of the molecule is O=C(NCc1ccccc1Cl)c1cn2ccccc2n1. The van der Waals surface area contributed by atoms with Crippen LogP contribution in [0.2, 0.25) is 5.02 Å². The minimum absolute atomic E-state index is 0.214. The molecule has 1 amide bonds. The van der Waals surface area contributed by atoms with Gasteiger partial charge in [0.15, 0.2) is 0 Å². The molecule has 0 bridgehead atoms. The fourth-order valence-corrected chi connectivity index (χ4v) is 2.15. The van der Waals surface area contributed by atoms with E-state index < -0.39 is 0 Å². The van der Waals surface area contributed by atoms with Crippen molar-refractivity contribution < 1.29 is 4.79 Å². The van der Waals surface area contributed by atoms with Crippen molar-refractivity contribution in [3.05, 3.63) is 71.1 Å². The van der Waals surface area contributed by atoms with Crippen LogP contribution in [0, 0.1) is 0 Å². The number of rotatable bonds is 3. The number of nitrogens with zero attached hydrogens (tertiary/aromatic N) is 2. The Morgan fingerprint density at radius 2 is 2.00 bits per heavy atom. The number of aromatic nitrogens is 2. The van der Waals surface area contributed by atoms with Gasteiger partial charge in [-0.15, -0.1) is 0 Å². The van der Waals surface area contributed by atoms with Crippen molar-refractivity contribution in [2.24, 2.45) is 0 Å². The smallest absolute Gasteiger partial charge is 0.271 e. The summed E-state index contributed by atoms with van der Waals surface area (Å²) in [6.07, 6.45) is 3.56. The molecule has 0 unspecified atom stereocenters. The molecule has 0 fully saturated rings. The van der Waals surface area contributed by atoms with Crippen LogP contribution in [0.5, 0.6) is 0 Å². The summed E-state index contributed by atoms with van der Waals surface area (Å²) < 4.78 is 1.81. The van der Waals surface area contributed by atoms with Gasteiger partial charge in [0.1, 0.15) is 11.3 Å². The third kappa shape index (κ3) is 2.51. The minimum Gasteiger partial charge on any atom is -0.347 e. The van der Waals surface area contributed by atoms with E-state index in [1.807, 2.05) is 47.0 Å². The molecule has 5 heteroatoms. The zero-order chi connectivity index (χ0) is 13.9. The predicted molar refractivity (Wildman–Crippen MR) is 77.8 cm³/mol. The topological polar surface area (TPSA) is 46.4 Å². The molecule has 0 aliphatic heterocycles. The van der Waals surface area contributed by atoms with E-state index in [4.69, 9.17) is 11.6 Å². The Morgan fingerprint density at radius 3 is 2.80 bits per heavy atom. The first kappa shape index (κ1) is 12.7. The molecule has 0 saturated carbocycles. The first-order chi connectivity index (χ1) is 9.74. The van der Waals surface area contributed by atoms with Crippen LogP contribution < -0.4 is 5.32 Å². The third-order valence-corrected chi connectivity index (χ3v) is 3.36. The summed E-state index contributed by atoms with van der Waals surface area (Å²) in [6, 6.07) is 13.0. The van der Waals surface area contributed by atoms with E-state index in [0.717, 1.165) is 11.2 Å². The number of carbonyl (C=O) groups is 1. The molecule has 2 aromatic heterocycles. The second kappa shape index (κ2) is 5.35. The average Bonchev–Trinajstić information content (AvgIpc) is 2.90. The maximum Gasteiger partial charge on any atom is 0.271 e. The quantitative estimate of drug-likeness (QED) is 0.804. The predicted octanol–water partition coefficient (Wildman–Crippen LogP) is 2.92. The van der Waals surface area contributed by atoms with Crippen molar-refractivity contribution in [2.45, 2.75) is 6.54 Å². The van der Waals surface area contributed by atoms with E-state index in [1.54, 1.807) is 12.3 Å². The third-order valence-electron chi connectivity index (χ3n) is 2.99. The van der Waals surface area contributed by atoms with Crippen molar-refractivity contribution in [1.29, 1.82) is 0 Å². The molecule has 0 atom stereocenters. The molecule has 0 aliphatic rings. The minimum atomic E-state index is -0.214. The number of hydrogen-bond donors (Lipinski definition) is 1. The van der Waals surface area contributed by atoms with Crippen molar-refractivity contribution in [3.63, 3.8) is 0 Å². The normalized spacial score (nSPS) is 10.7. The van der Waals surface area contributed by atoms with Gasteiger partial charge in [0, 0.05) is 24.0 Å². The zero-order valence-corrected chi connectivity index (χ0v) is 11.3.